The molecule has 6 nitrogen and oxygen atoms in total. The molecule has 0 saturated carbocycles. The van der Waals surface area contributed by atoms with E-state index < -0.39 is 0 Å². The summed E-state index contributed by atoms with van der Waals surface area (Å²) in [6.45, 7) is 2.01. The Morgan fingerprint density at radius 3 is 2.81 bits per heavy atom. The van der Waals surface area contributed by atoms with Crippen LogP contribution in [0.1, 0.15) is 36.0 Å². The predicted molar refractivity (Wildman–Crippen MR) is 97.4 cm³/mol. The van der Waals surface area contributed by atoms with Crippen molar-refractivity contribution in [3.05, 3.63) is 42.1 Å². The van der Waals surface area contributed by atoms with Gasteiger partial charge in [0.25, 0.3) is 5.91 Å². The number of para-hydroxylation sites is 1. The zero-order valence-corrected chi connectivity index (χ0v) is 14.5. The fraction of sp³-hybridized carbons (Fsp3) is 0.350. The minimum atomic E-state index is -0.0108. The van der Waals surface area contributed by atoms with Gasteiger partial charge in [0.2, 0.25) is 0 Å². The first kappa shape index (κ1) is 16.4. The lowest BCUT2D eigenvalue weighted by molar-refractivity contribution is 0.0725. The van der Waals surface area contributed by atoms with E-state index in [4.69, 9.17) is 9.68 Å². The molecular weight excluding hydrogens is 328 g/mol. The molecule has 0 N–H and O–H groups in total. The lowest BCUT2D eigenvalue weighted by Gasteiger charge is -2.26. The van der Waals surface area contributed by atoms with Gasteiger partial charge in [-0.1, -0.05) is 18.2 Å². The van der Waals surface area contributed by atoms with E-state index in [0.29, 0.717) is 30.0 Å². The second-order valence-electron chi connectivity index (χ2n) is 6.56. The van der Waals surface area contributed by atoms with E-state index in [2.05, 4.69) is 11.2 Å². The van der Waals surface area contributed by atoms with Gasteiger partial charge in [0.15, 0.2) is 5.76 Å². The van der Waals surface area contributed by atoms with Crippen LogP contribution in [0.25, 0.3) is 22.4 Å². The van der Waals surface area contributed by atoms with Crippen LogP contribution in [0.5, 0.6) is 0 Å². The molecule has 6 heteroatoms. The molecule has 3 heterocycles. The number of aryl methyl sites for hydroxylation is 1. The third-order valence-corrected chi connectivity index (χ3v) is 4.75. The van der Waals surface area contributed by atoms with Gasteiger partial charge >= 0.3 is 0 Å². The average Bonchev–Trinajstić information content (AvgIpc) is 3.30. The van der Waals surface area contributed by atoms with Gasteiger partial charge in [0, 0.05) is 24.7 Å². The smallest absolute Gasteiger partial charge is 0.257 e. The molecule has 1 aliphatic rings. The lowest BCUT2D eigenvalue weighted by atomic mass is 10.1. The molecular formula is C20H20N4O2. The number of carbonyl (C=O) groups excluding carboxylic acids is 1. The molecule has 1 fully saturated rings. The zero-order chi connectivity index (χ0) is 17.9. The molecule has 3 aromatic rings. The maximum Gasteiger partial charge on any atom is 0.257 e. The van der Waals surface area contributed by atoms with E-state index in [0.717, 1.165) is 36.9 Å². The molecule has 0 radical (unpaired) electrons. The van der Waals surface area contributed by atoms with Crippen molar-refractivity contribution in [2.75, 3.05) is 13.1 Å². The molecule has 0 spiro atoms. The van der Waals surface area contributed by atoms with Crippen LogP contribution in [0.4, 0.5) is 0 Å². The fourth-order valence-electron chi connectivity index (χ4n) is 3.40. The third kappa shape index (κ3) is 3.08. The first-order valence-corrected chi connectivity index (χ1v) is 8.99. The molecule has 26 heavy (non-hydrogen) atoms. The number of benzene rings is 1. The number of hydrogen-bond donors (Lipinski definition) is 0. The van der Waals surface area contributed by atoms with Gasteiger partial charge in [0.1, 0.15) is 11.3 Å². The van der Waals surface area contributed by atoms with E-state index in [1.54, 1.807) is 10.9 Å². The van der Waals surface area contributed by atoms with Crippen LogP contribution < -0.4 is 0 Å². The lowest BCUT2D eigenvalue weighted by Crippen LogP contribution is -2.35. The number of piperidine rings is 1. The van der Waals surface area contributed by atoms with Crippen LogP contribution in [0.15, 0.2) is 40.9 Å². The number of nitriles is 1. The normalized spacial score (nSPS) is 14.5. The van der Waals surface area contributed by atoms with E-state index in [1.807, 2.05) is 35.2 Å². The molecule has 1 aliphatic heterocycles. The van der Waals surface area contributed by atoms with E-state index in [9.17, 15) is 4.79 Å². The summed E-state index contributed by atoms with van der Waals surface area (Å²) in [4.78, 5) is 15.0. The molecule has 0 atom stereocenters. The Hall–Kier alpha value is -3.07. The summed E-state index contributed by atoms with van der Waals surface area (Å²) in [6, 6.07) is 11.8. The number of likely N-dealkylation sites (tertiary alicyclic amines) is 1. The van der Waals surface area contributed by atoms with E-state index >= 15 is 0 Å². The maximum absolute atomic E-state index is 13.1. The van der Waals surface area contributed by atoms with Crippen molar-refractivity contribution in [3.8, 4) is 17.5 Å². The molecule has 2 aromatic heterocycles. The number of fused-ring (bicyclic) bond motifs is 1. The standard InChI is InChI=1S/C20H20N4O2/c21-9-6-12-24-14-16(20(25)23-10-4-1-5-11-23)19(22-24)18-13-15-7-2-3-8-17(15)26-18/h2-3,7-8,13-14H,1,4-6,10-12H2. The summed E-state index contributed by atoms with van der Waals surface area (Å²) < 4.78 is 7.61. The summed E-state index contributed by atoms with van der Waals surface area (Å²) in [5.41, 5.74) is 1.86. The second kappa shape index (κ2) is 7.04. The van der Waals surface area contributed by atoms with Gasteiger partial charge < -0.3 is 9.32 Å². The van der Waals surface area contributed by atoms with Crippen molar-refractivity contribution >= 4 is 16.9 Å². The van der Waals surface area contributed by atoms with Crippen molar-refractivity contribution in [3.63, 3.8) is 0 Å². The van der Waals surface area contributed by atoms with Gasteiger partial charge in [-0.25, -0.2) is 0 Å². The highest BCUT2D eigenvalue weighted by atomic mass is 16.3. The molecule has 0 aliphatic carbocycles. The largest absolute Gasteiger partial charge is 0.454 e. The Balaban J connectivity index is 1.75. The minimum Gasteiger partial charge on any atom is -0.454 e. The van der Waals surface area contributed by atoms with Gasteiger partial charge in [-0.15, -0.1) is 0 Å². The number of nitrogens with zero attached hydrogens (tertiary/aromatic N) is 4. The predicted octanol–water partition coefficient (Wildman–Crippen LogP) is 3.84. The van der Waals surface area contributed by atoms with Crippen LogP contribution in [-0.4, -0.2) is 33.7 Å². The van der Waals surface area contributed by atoms with Crippen LogP contribution in [-0.2, 0) is 6.54 Å². The van der Waals surface area contributed by atoms with Crippen molar-refractivity contribution in [1.29, 1.82) is 5.26 Å². The Labute approximate surface area is 151 Å². The van der Waals surface area contributed by atoms with Crippen LogP contribution in [0.3, 0.4) is 0 Å². The van der Waals surface area contributed by atoms with Gasteiger partial charge in [-0.05, 0) is 31.4 Å². The number of furan rings is 1. The average molecular weight is 348 g/mol. The Bertz CT molecular complexity index is 940. The second-order valence-corrected chi connectivity index (χ2v) is 6.56. The van der Waals surface area contributed by atoms with Gasteiger partial charge in [-0.3, -0.25) is 9.48 Å². The highest BCUT2D eigenvalue weighted by Gasteiger charge is 2.25. The first-order chi connectivity index (χ1) is 12.8. The van der Waals surface area contributed by atoms with Crippen LogP contribution in [0.2, 0.25) is 0 Å². The topological polar surface area (TPSA) is 75.1 Å². The van der Waals surface area contributed by atoms with Crippen molar-refractivity contribution in [1.82, 2.24) is 14.7 Å². The van der Waals surface area contributed by atoms with Crippen LogP contribution in [0, 0.1) is 11.3 Å². The van der Waals surface area contributed by atoms with Crippen molar-refractivity contribution in [2.45, 2.75) is 32.2 Å². The number of carbonyl (C=O) groups is 1. The molecule has 132 valence electrons. The third-order valence-electron chi connectivity index (χ3n) is 4.75. The summed E-state index contributed by atoms with van der Waals surface area (Å²) in [7, 11) is 0. The molecule has 1 amide bonds. The number of aromatic nitrogens is 2. The number of hydrogen-bond acceptors (Lipinski definition) is 4. The molecule has 4 rings (SSSR count). The van der Waals surface area contributed by atoms with E-state index in [-0.39, 0.29) is 5.91 Å². The van der Waals surface area contributed by atoms with Gasteiger partial charge in [-0.2, -0.15) is 10.4 Å². The molecule has 1 aromatic carbocycles. The van der Waals surface area contributed by atoms with Crippen molar-refractivity contribution < 1.29 is 9.21 Å². The monoisotopic (exact) mass is 348 g/mol. The molecule has 0 unspecified atom stereocenters. The Morgan fingerprint density at radius 2 is 2.04 bits per heavy atom. The SMILES string of the molecule is N#CCCn1cc(C(=O)N2CCCCC2)c(-c2cc3ccccc3o2)n1. The molecule has 1 saturated heterocycles. The highest BCUT2D eigenvalue weighted by Crippen LogP contribution is 2.30. The Kier molecular flexibility index (Phi) is 4.44. The van der Waals surface area contributed by atoms with Gasteiger partial charge in [0.05, 0.1) is 24.6 Å². The summed E-state index contributed by atoms with van der Waals surface area (Å²) in [5.74, 6) is 0.575. The summed E-state index contributed by atoms with van der Waals surface area (Å²) >= 11 is 0. The number of amides is 1. The summed E-state index contributed by atoms with van der Waals surface area (Å²) in [6.07, 6.45) is 5.33. The Morgan fingerprint density at radius 1 is 1.23 bits per heavy atom. The first-order valence-electron chi connectivity index (χ1n) is 8.99. The highest BCUT2D eigenvalue weighted by molar-refractivity contribution is 6.00. The van der Waals surface area contributed by atoms with Crippen molar-refractivity contribution in [2.24, 2.45) is 0 Å². The zero-order valence-electron chi connectivity index (χ0n) is 14.5. The maximum atomic E-state index is 13.1. The minimum absolute atomic E-state index is 0.0108. The fourth-order valence-corrected chi connectivity index (χ4v) is 3.40. The number of rotatable bonds is 4. The molecule has 0 bridgehead atoms. The quantitative estimate of drug-likeness (QED) is 0.718. The van der Waals surface area contributed by atoms with E-state index in [1.165, 1.54) is 6.42 Å². The summed E-state index contributed by atoms with van der Waals surface area (Å²) in [5, 5.41) is 14.4. The van der Waals surface area contributed by atoms with Crippen LogP contribution >= 0.6 is 0 Å².